The molecule has 1 amide bonds. The summed E-state index contributed by atoms with van der Waals surface area (Å²) in [6.45, 7) is 7.41. The minimum absolute atomic E-state index is 0.128. The maximum Gasteiger partial charge on any atom is 0.256 e. The average Bonchev–Trinajstić information content (AvgIpc) is 2.54. The molecule has 5 nitrogen and oxygen atoms in total. The van der Waals surface area contributed by atoms with Crippen LogP contribution in [-0.4, -0.2) is 38.4 Å². The summed E-state index contributed by atoms with van der Waals surface area (Å²) < 4.78 is 16.1. The van der Waals surface area contributed by atoms with Crippen LogP contribution in [-0.2, 0) is 14.3 Å². The molecular formula is C17H27NO4. The largest absolute Gasteiger partial charge is 0.491 e. The molecule has 22 heavy (non-hydrogen) atoms. The number of hydrogen-bond acceptors (Lipinski definition) is 4. The number of nitrogens with one attached hydrogen (secondary N) is 1. The highest BCUT2D eigenvalue weighted by molar-refractivity contribution is 5.97. The van der Waals surface area contributed by atoms with E-state index in [1.807, 2.05) is 45.0 Å². The Morgan fingerprint density at radius 2 is 1.82 bits per heavy atom. The summed E-state index contributed by atoms with van der Waals surface area (Å²) in [5.74, 6) is 0.618. The molecule has 0 radical (unpaired) electrons. The molecule has 5 heteroatoms. The second kappa shape index (κ2) is 9.43. The van der Waals surface area contributed by atoms with Gasteiger partial charge in [-0.1, -0.05) is 13.8 Å². The smallest absolute Gasteiger partial charge is 0.256 e. The molecule has 1 N–H and O–H groups in total. The summed E-state index contributed by atoms with van der Waals surface area (Å²) in [7, 11) is 1.63. The Labute approximate surface area is 132 Å². The Morgan fingerprint density at radius 1 is 1.14 bits per heavy atom. The molecule has 0 aliphatic carbocycles. The molecule has 0 saturated carbocycles. The highest BCUT2D eigenvalue weighted by atomic mass is 16.5. The van der Waals surface area contributed by atoms with Crippen molar-refractivity contribution in [1.29, 1.82) is 0 Å². The van der Waals surface area contributed by atoms with Gasteiger partial charge in [0.05, 0.1) is 6.61 Å². The first kappa shape index (κ1) is 18.5. The minimum Gasteiger partial charge on any atom is -0.491 e. The van der Waals surface area contributed by atoms with Crippen molar-refractivity contribution in [1.82, 2.24) is 0 Å². The number of rotatable bonds is 10. The molecule has 1 aromatic rings. The van der Waals surface area contributed by atoms with E-state index in [4.69, 9.17) is 14.2 Å². The van der Waals surface area contributed by atoms with E-state index in [0.29, 0.717) is 26.2 Å². The van der Waals surface area contributed by atoms with Crippen molar-refractivity contribution >= 4 is 11.6 Å². The summed E-state index contributed by atoms with van der Waals surface area (Å²) in [6.07, 6.45) is 1.51. The summed E-state index contributed by atoms with van der Waals surface area (Å²) >= 11 is 0. The number of benzene rings is 1. The third kappa shape index (κ3) is 5.66. The van der Waals surface area contributed by atoms with Gasteiger partial charge in [0.2, 0.25) is 0 Å². The van der Waals surface area contributed by atoms with Gasteiger partial charge in [0.1, 0.15) is 18.0 Å². The van der Waals surface area contributed by atoms with Crippen LogP contribution in [0, 0.1) is 0 Å². The zero-order valence-electron chi connectivity index (χ0n) is 14.0. The topological polar surface area (TPSA) is 56.8 Å². The van der Waals surface area contributed by atoms with Crippen molar-refractivity contribution in [2.45, 2.75) is 39.2 Å². The lowest BCUT2D eigenvalue weighted by Gasteiger charge is -2.27. The van der Waals surface area contributed by atoms with E-state index in [1.165, 1.54) is 0 Å². The van der Waals surface area contributed by atoms with Crippen molar-refractivity contribution < 1.29 is 19.0 Å². The Kier molecular flexibility index (Phi) is 7.91. The van der Waals surface area contributed by atoms with Crippen molar-refractivity contribution in [3.8, 4) is 5.75 Å². The van der Waals surface area contributed by atoms with E-state index in [1.54, 1.807) is 7.11 Å². The summed E-state index contributed by atoms with van der Waals surface area (Å²) in [6, 6.07) is 7.27. The molecular weight excluding hydrogens is 282 g/mol. The monoisotopic (exact) mass is 309 g/mol. The van der Waals surface area contributed by atoms with Gasteiger partial charge in [0, 0.05) is 19.4 Å². The Balaban J connectivity index is 2.59. The Hall–Kier alpha value is -1.59. The standard InChI is InChI=1S/C17H27NO4/c1-5-11-22-17(3,6-2)16(19)18-14-7-9-15(10-8-14)21-13-12-20-4/h7-10H,5-6,11-13H2,1-4H3,(H,18,19). The number of carbonyl (C=O) groups is 1. The van der Waals surface area contributed by atoms with Crippen LogP contribution >= 0.6 is 0 Å². The van der Waals surface area contributed by atoms with Crippen LogP contribution in [0.25, 0.3) is 0 Å². The molecule has 0 aromatic heterocycles. The van der Waals surface area contributed by atoms with E-state index >= 15 is 0 Å². The van der Waals surface area contributed by atoms with Gasteiger partial charge in [0.15, 0.2) is 0 Å². The van der Waals surface area contributed by atoms with Crippen molar-refractivity contribution in [3.63, 3.8) is 0 Å². The fraction of sp³-hybridized carbons (Fsp3) is 0.588. The molecule has 1 aromatic carbocycles. The van der Waals surface area contributed by atoms with Gasteiger partial charge >= 0.3 is 0 Å². The quantitative estimate of drug-likeness (QED) is 0.674. The van der Waals surface area contributed by atoms with Gasteiger partial charge < -0.3 is 19.5 Å². The van der Waals surface area contributed by atoms with E-state index in [-0.39, 0.29) is 5.91 Å². The zero-order valence-corrected chi connectivity index (χ0v) is 14.0. The zero-order chi connectivity index (χ0) is 16.4. The summed E-state index contributed by atoms with van der Waals surface area (Å²) in [5.41, 5.74) is -0.0761. The van der Waals surface area contributed by atoms with Gasteiger partial charge in [-0.3, -0.25) is 4.79 Å². The van der Waals surface area contributed by atoms with Crippen LogP contribution in [0.4, 0.5) is 5.69 Å². The third-order valence-corrected chi connectivity index (χ3v) is 3.45. The van der Waals surface area contributed by atoms with Crippen LogP contribution in [0.3, 0.4) is 0 Å². The van der Waals surface area contributed by atoms with Crippen molar-refractivity contribution in [2.24, 2.45) is 0 Å². The molecule has 0 saturated heterocycles. The number of ether oxygens (including phenoxy) is 3. The molecule has 0 fully saturated rings. The summed E-state index contributed by atoms with van der Waals surface area (Å²) in [4.78, 5) is 12.4. The molecule has 1 rings (SSSR count). The highest BCUT2D eigenvalue weighted by Crippen LogP contribution is 2.21. The first-order valence-electron chi connectivity index (χ1n) is 7.73. The van der Waals surface area contributed by atoms with E-state index in [9.17, 15) is 4.79 Å². The fourth-order valence-electron chi connectivity index (χ4n) is 1.80. The van der Waals surface area contributed by atoms with Gasteiger partial charge in [-0.05, 0) is 44.0 Å². The lowest BCUT2D eigenvalue weighted by molar-refractivity contribution is -0.139. The second-order valence-corrected chi connectivity index (χ2v) is 5.25. The van der Waals surface area contributed by atoms with Gasteiger partial charge in [-0.15, -0.1) is 0 Å². The van der Waals surface area contributed by atoms with E-state index in [0.717, 1.165) is 17.9 Å². The lowest BCUT2D eigenvalue weighted by atomic mass is 10.0. The molecule has 0 bridgehead atoms. The fourth-order valence-corrected chi connectivity index (χ4v) is 1.80. The Morgan fingerprint density at radius 3 is 2.36 bits per heavy atom. The van der Waals surface area contributed by atoms with Crippen molar-refractivity contribution in [3.05, 3.63) is 24.3 Å². The number of amides is 1. The molecule has 1 atom stereocenters. The van der Waals surface area contributed by atoms with Crippen LogP contribution < -0.4 is 10.1 Å². The number of hydrogen-bond donors (Lipinski definition) is 1. The third-order valence-electron chi connectivity index (χ3n) is 3.45. The molecule has 0 aliphatic rings. The number of carbonyl (C=O) groups excluding carboxylic acids is 1. The van der Waals surface area contributed by atoms with Crippen LogP contribution in [0.1, 0.15) is 33.6 Å². The maximum absolute atomic E-state index is 12.4. The maximum atomic E-state index is 12.4. The van der Waals surface area contributed by atoms with Gasteiger partial charge in [-0.2, -0.15) is 0 Å². The van der Waals surface area contributed by atoms with Crippen LogP contribution in [0.2, 0.25) is 0 Å². The predicted molar refractivity (Wildman–Crippen MR) is 87.4 cm³/mol. The normalized spacial score (nSPS) is 13.5. The highest BCUT2D eigenvalue weighted by Gasteiger charge is 2.32. The van der Waals surface area contributed by atoms with Crippen LogP contribution in [0.5, 0.6) is 5.75 Å². The van der Waals surface area contributed by atoms with E-state index < -0.39 is 5.60 Å². The minimum atomic E-state index is -0.802. The first-order valence-corrected chi connectivity index (χ1v) is 7.73. The summed E-state index contributed by atoms with van der Waals surface area (Å²) in [5, 5.41) is 2.89. The molecule has 0 heterocycles. The lowest BCUT2D eigenvalue weighted by Crippen LogP contribution is -2.42. The Bertz CT molecular complexity index is 446. The van der Waals surface area contributed by atoms with Crippen LogP contribution in [0.15, 0.2) is 24.3 Å². The molecule has 0 spiro atoms. The second-order valence-electron chi connectivity index (χ2n) is 5.25. The predicted octanol–water partition coefficient (Wildman–Crippen LogP) is 3.25. The van der Waals surface area contributed by atoms with Gasteiger partial charge in [0.25, 0.3) is 5.91 Å². The van der Waals surface area contributed by atoms with Crippen molar-refractivity contribution in [2.75, 3.05) is 32.2 Å². The number of anilines is 1. The number of methoxy groups -OCH3 is 1. The molecule has 0 aliphatic heterocycles. The van der Waals surface area contributed by atoms with E-state index in [2.05, 4.69) is 5.32 Å². The average molecular weight is 309 g/mol. The molecule has 1 unspecified atom stereocenters. The SMILES string of the molecule is CCCOC(C)(CC)C(=O)Nc1ccc(OCCOC)cc1. The first-order chi connectivity index (χ1) is 10.6. The van der Waals surface area contributed by atoms with Gasteiger partial charge in [-0.25, -0.2) is 0 Å². The molecule has 124 valence electrons.